The van der Waals surface area contributed by atoms with Crippen LogP contribution in [0.4, 0.5) is 5.69 Å². The normalized spacial score (nSPS) is 12.3. The molecule has 0 radical (unpaired) electrons. The Hall–Kier alpha value is -1.31. The summed E-state index contributed by atoms with van der Waals surface area (Å²) in [5, 5.41) is 0. The Bertz CT molecular complexity index is 547. The highest BCUT2D eigenvalue weighted by molar-refractivity contribution is 14.0. The van der Waals surface area contributed by atoms with E-state index in [-0.39, 0.29) is 29.9 Å². The van der Waals surface area contributed by atoms with Gasteiger partial charge in [0, 0.05) is 53.4 Å². The largest absolute Gasteiger partial charge is 0.349 e. The fraction of sp³-hybridized carbons (Fsp3) is 0.529. The zero-order valence-electron chi connectivity index (χ0n) is 14.5. The van der Waals surface area contributed by atoms with Crippen molar-refractivity contribution in [3.8, 4) is 0 Å². The molecule has 1 aliphatic heterocycles. The van der Waals surface area contributed by atoms with Crippen molar-refractivity contribution in [2.75, 3.05) is 46.2 Å². The molecule has 0 aliphatic carbocycles. The van der Waals surface area contributed by atoms with E-state index in [4.69, 9.17) is 0 Å². The van der Waals surface area contributed by atoms with Gasteiger partial charge in [0.1, 0.15) is 0 Å². The van der Waals surface area contributed by atoms with E-state index in [1.165, 1.54) is 5.56 Å². The molecular formula is C17H27IN4O. The van der Waals surface area contributed by atoms with Gasteiger partial charge in [-0.05, 0) is 24.5 Å². The lowest BCUT2D eigenvalue weighted by Crippen LogP contribution is -2.35. The summed E-state index contributed by atoms with van der Waals surface area (Å²) in [5.74, 6) is 1.13. The van der Waals surface area contributed by atoms with Crippen LogP contribution in [0, 0.1) is 0 Å². The molecule has 0 fully saturated rings. The van der Waals surface area contributed by atoms with Crippen LogP contribution in [0.25, 0.3) is 0 Å². The molecule has 0 N–H and O–H groups in total. The molecule has 1 aliphatic rings. The third kappa shape index (κ3) is 5.09. The highest BCUT2D eigenvalue weighted by atomic mass is 127. The monoisotopic (exact) mass is 430 g/mol. The summed E-state index contributed by atoms with van der Waals surface area (Å²) in [6.07, 6.45) is 2.29. The molecular weight excluding hydrogens is 403 g/mol. The molecule has 1 aromatic carbocycles. The van der Waals surface area contributed by atoms with Crippen molar-refractivity contribution in [3.05, 3.63) is 29.8 Å². The van der Waals surface area contributed by atoms with Crippen LogP contribution in [0.1, 0.15) is 18.4 Å². The Labute approximate surface area is 156 Å². The number of aliphatic imine (C=N–C) groups is 1. The van der Waals surface area contributed by atoms with Crippen molar-refractivity contribution in [2.24, 2.45) is 4.99 Å². The van der Waals surface area contributed by atoms with E-state index in [9.17, 15) is 4.79 Å². The summed E-state index contributed by atoms with van der Waals surface area (Å²) in [7, 11) is 7.91. The smallest absolute Gasteiger partial charge is 0.227 e. The molecule has 1 aromatic rings. The van der Waals surface area contributed by atoms with Gasteiger partial charge in [-0.1, -0.05) is 18.2 Å². The molecule has 0 unspecified atom stereocenters. The number of guanidine groups is 1. The van der Waals surface area contributed by atoms with Crippen LogP contribution in [-0.4, -0.2) is 62.9 Å². The van der Waals surface area contributed by atoms with Crippen LogP contribution >= 0.6 is 24.0 Å². The first-order valence-corrected chi connectivity index (χ1v) is 7.78. The molecule has 0 saturated carbocycles. The topological polar surface area (TPSA) is 39.2 Å². The lowest BCUT2D eigenvalue weighted by molar-refractivity contribution is -0.118. The fourth-order valence-corrected chi connectivity index (χ4v) is 2.82. The number of benzene rings is 1. The minimum absolute atomic E-state index is 0. The predicted octanol–water partition coefficient (Wildman–Crippen LogP) is 2.45. The van der Waals surface area contributed by atoms with E-state index in [1.807, 2.05) is 61.1 Å². The number of rotatable bonds is 4. The van der Waals surface area contributed by atoms with Gasteiger partial charge in [0.2, 0.25) is 5.91 Å². The van der Waals surface area contributed by atoms with Crippen LogP contribution in [0.5, 0.6) is 0 Å². The van der Waals surface area contributed by atoms with Crippen molar-refractivity contribution in [2.45, 2.75) is 19.3 Å². The predicted molar refractivity (Wildman–Crippen MR) is 107 cm³/mol. The summed E-state index contributed by atoms with van der Waals surface area (Å²) in [6.45, 7) is 1.48. The van der Waals surface area contributed by atoms with Crippen LogP contribution in [-0.2, 0) is 11.2 Å². The molecule has 5 nitrogen and oxygen atoms in total. The first kappa shape index (κ1) is 19.7. The van der Waals surface area contributed by atoms with E-state index in [0.29, 0.717) is 13.0 Å². The van der Waals surface area contributed by atoms with Gasteiger partial charge in [0.05, 0.1) is 0 Å². The third-order valence-electron chi connectivity index (χ3n) is 3.79. The maximum atomic E-state index is 12.4. The number of amides is 1. The third-order valence-corrected chi connectivity index (χ3v) is 3.79. The van der Waals surface area contributed by atoms with Gasteiger partial charge in [0.15, 0.2) is 5.96 Å². The summed E-state index contributed by atoms with van der Waals surface area (Å²) in [6, 6.07) is 8.17. The molecule has 128 valence electrons. The van der Waals surface area contributed by atoms with E-state index in [1.54, 1.807) is 0 Å². The number of halogens is 1. The Morgan fingerprint density at radius 2 is 1.83 bits per heavy atom. The molecule has 1 amide bonds. The highest BCUT2D eigenvalue weighted by Crippen LogP contribution is 2.27. The fourth-order valence-electron chi connectivity index (χ4n) is 2.82. The maximum absolute atomic E-state index is 12.4. The molecule has 6 heteroatoms. The summed E-state index contributed by atoms with van der Waals surface area (Å²) in [4.78, 5) is 22.8. The second-order valence-electron chi connectivity index (χ2n) is 6.00. The maximum Gasteiger partial charge on any atom is 0.227 e. The van der Waals surface area contributed by atoms with Gasteiger partial charge in [-0.3, -0.25) is 9.79 Å². The summed E-state index contributed by atoms with van der Waals surface area (Å²) >= 11 is 0. The SMILES string of the molecule is CN(C)C(=NCCCC(=O)N1CCc2ccccc21)N(C)C.I. The van der Waals surface area contributed by atoms with Crippen molar-refractivity contribution in [1.82, 2.24) is 9.80 Å². The molecule has 0 aromatic heterocycles. The number of fused-ring (bicyclic) bond motifs is 1. The molecule has 2 rings (SSSR count). The molecule has 0 saturated heterocycles. The van der Waals surface area contributed by atoms with Gasteiger partial charge in [-0.25, -0.2) is 0 Å². The first-order valence-electron chi connectivity index (χ1n) is 7.78. The average Bonchev–Trinajstić information content (AvgIpc) is 2.90. The van der Waals surface area contributed by atoms with Crippen LogP contribution < -0.4 is 4.90 Å². The van der Waals surface area contributed by atoms with Gasteiger partial charge in [-0.15, -0.1) is 24.0 Å². The van der Waals surface area contributed by atoms with E-state index >= 15 is 0 Å². The van der Waals surface area contributed by atoms with Gasteiger partial charge >= 0.3 is 0 Å². The number of hydrogen-bond acceptors (Lipinski definition) is 2. The molecule has 1 heterocycles. The minimum Gasteiger partial charge on any atom is -0.349 e. The quantitative estimate of drug-likeness (QED) is 0.319. The number of nitrogens with zero attached hydrogens (tertiary/aromatic N) is 4. The Balaban J connectivity index is 0.00000264. The van der Waals surface area contributed by atoms with Crippen molar-refractivity contribution in [3.63, 3.8) is 0 Å². The van der Waals surface area contributed by atoms with E-state index in [0.717, 1.165) is 31.0 Å². The second-order valence-corrected chi connectivity index (χ2v) is 6.00. The Morgan fingerprint density at radius 3 is 2.48 bits per heavy atom. The average molecular weight is 430 g/mol. The van der Waals surface area contributed by atoms with Crippen LogP contribution in [0.2, 0.25) is 0 Å². The number of anilines is 1. The van der Waals surface area contributed by atoms with E-state index < -0.39 is 0 Å². The first-order chi connectivity index (χ1) is 10.5. The van der Waals surface area contributed by atoms with E-state index in [2.05, 4.69) is 11.1 Å². The lowest BCUT2D eigenvalue weighted by atomic mass is 10.2. The van der Waals surface area contributed by atoms with Crippen molar-refractivity contribution < 1.29 is 4.79 Å². The lowest BCUT2D eigenvalue weighted by Gasteiger charge is -2.22. The van der Waals surface area contributed by atoms with Crippen molar-refractivity contribution in [1.29, 1.82) is 0 Å². The van der Waals surface area contributed by atoms with Crippen LogP contribution in [0.15, 0.2) is 29.3 Å². The Kier molecular flexibility index (Phi) is 7.81. The highest BCUT2D eigenvalue weighted by Gasteiger charge is 2.23. The van der Waals surface area contributed by atoms with Crippen LogP contribution in [0.3, 0.4) is 0 Å². The Morgan fingerprint density at radius 1 is 1.17 bits per heavy atom. The standard InChI is InChI=1S/C17H26N4O.HI/c1-19(2)17(20(3)4)18-12-7-10-16(22)21-13-11-14-8-5-6-9-15(14)21;/h5-6,8-9H,7,10-13H2,1-4H3;1H. The zero-order valence-corrected chi connectivity index (χ0v) is 16.8. The van der Waals surface area contributed by atoms with Gasteiger partial charge in [0.25, 0.3) is 0 Å². The number of para-hydroxylation sites is 1. The summed E-state index contributed by atoms with van der Waals surface area (Å²) in [5.41, 5.74) is 2.36. The molecule has 23 heavy (non-hydrogen) atoms. The van der Waals surface area contributed by atoms with Crippen molar-refractivity contribution >= 4 is 41.5 Å². The second kappa shape index (κ2) is 9.10. The number of hydrogen-bond donors (Lipinski definition) is 0. The summed E-state index contributed by atoms with van der Waals surface area (Å²) < 4.78 is 0. The zero-order chi connectivity index (χ0) is 16.1. The van der Waals surface area contributed by atoms with Gasteiger partial charge < -0.3 is 14.7 Å². The molecule has 0 spiro atoms. The van der Waals surface area contributed by atoms with Gasteiger partial charge in [-0.2, -0.15) is 0 Å². The number of carbonyl (C=O) groups is 1. The number of carbonyl (C=O) groups excluding carboxylic acids is 1. The minimum atomic E-state index is 0. The molecule has 0 atom stereocenters. The molecule has 0 bridgehead atoms.